The topological polar surface area (TPSA) is 35.0 Å². The van der Waals surface area contributed by atoms with Gasteiger partial charge in [-0.15, -0.1) is 11.3 Å². The van der Waals surface area contributed by atoms with Crippen LogP contribution in [0.1, 0.15) is 16.0 Å². The first kappa shape index (κ1) is 12.1. The summed E-state index contributed by atoms with van der Waals surface area (Å²) in [5.41, 5.74) is 2.41. The van der Waals surface area contributed by atoms with Crippen molar-refractivity contribution in [1.82, 2.24) is 9.97 Å². The lowest BCUT2D eigenvalue weighted by Crippen LogP contribution is -1.90. The van der Waals surface area contributed by atoms with Crippen LogP contribution in [0.5, 0.6) is 11.6 Å². The summed E-state index contributed by atoms with van der Waals surface area (Å²) >= 11 is 1.67. The van der Waals surface area contributed by atoms with E-state index in [-0.39, 0.29) is 0 Å². The molecule has 2 aromatic heterocycles. The van der Waals surface area contributed by atoms with Crippen molar-refractivity contribution >= 4 is 21.6 Å². The molecule has 3 nitrogen and oxygen atoms in total. The second-order valence-corrected chi connectivity index (χ2v) is 5.76. The summed E-state index contributed by atoms with van der Waals surface area (Å²) in [5, 5.41) is 1.02. The fourth-order valence-electron chi connectivity index (χ4n) is 1.95. The minimum atomic E-state index is 0.635. The third-order valence-electron chi connectivity index (χ3n) is 3.17. The van der Waals surface area contributed by atoms with E-state index in [4.69, 9.17) is 4.74 Å². The van der Waals surface area contributed by atoms with Gasteiger partial charge in [-0.1, -0.05) is 17.7 Å². The molecule has 0 saturated heterocycles. The quantitative estimate of drug-likeness (QED) is 0.692. The molecule has 0 aliphatic carbocycles. The number of hydrogen-bond donors (Lipinski definition) is 0. The Bertz CT molecular complexity index is 732. The van der Waals surface area contributed by atoms with Crippen molar-refractivity contribution in [3.63, 3.8) is 0 Å². The first-order chi connectivity index (χ1) is 9.15. The number of aromatic nitrogens is 2. The van der Waals surface area contributed by atoms with E-state index < -0.39 is 0 Å². The molecule has 0 unspecified atom stereocenters. The zero-order chi connectivity index (χ0) is 13.4. The summed E-state index contributed by atoms with van der Waals surface area (Å²) in [4.78, 5) is 10.8. The van der Waals surface area contributed by atoms with Crippen molar-refractivity contribution in [2.45, 2.75) is 20.8 Å². The van der Waals surface area contributed by atoms with E-state index in [0.717, 1.165) is 16.0 Å². The zero-order valence-electron chi connectivity index (χ0n) is 11.1. The molecule has 0 aliphatic heterocycles. The standard InChI is InChI=1S/C15H14N2OS/c1-9-4-6-12(7-5-9)18-14-13-10(2)11(3)19-15(13)17-8-16-14/h4-8H,1-3H3. The number of rotatable bonds is 2. The van der Waals surface area contributed by atoms with E-state index >= 15 is 0 Å². The molecule has 19 heavy (non-hydrogen) atoms. The zero-order valence-corrected chi connectivity index (χ0v) is 11.9. The molecule has 1 aromatic carbocycles. The van der Waals surface area contributed by atoms with Gasteiger partial charge in [0.05, 0.1) is 5.39 Å². The van der Waals surface area contributed by atoms with Crippen molar-refractivity contribution in [1.29, 1.82) is 0 Å². The Morgan fingerprint density at radius 3 is 2.47 bits per heavy atom. The van der Waals surface area contributed by atoms with Crippen LogP contribution in [0, 0.1) is 20.8 Å². The average Bonchev–Trinajstić information content (AvgIpc) is 2.69. The Kier molecular flexibility index (Phi) is 2.95. The number of hydrogen-bond acceptors (Lipinski definition) is 4. The predicted octanol–water partition coefficient (Wildman–Crippen LogP) is 4.41. The molecule has 0 aliphatic rings. The largest absolute Gasteiger partial charge is 0.438 e. The molecule has 3 rings (SSSR count). The van der Waals surface area contributed by atoms with Gasteiger partial charge in [0, 0.05) is 4.88 Å². The van der Waals surface area contributed by atoms with Crippen molar-refractivity contribution < 1.29 is 4.74 Å². The van der Waals surface area contributed by atoms with Gasteiger partial charge in [0.1, 0.15) is 16.9 Å². The van der Waals surface area contributed by atoms with Gasteiger partial charge in [-0.25, -0.2) is 9.97 Å². The normalized spacial score (nSPS) is 10.9. The van der Waals surface area contributed by atoms with Crippen LogP contribution in [0.3, 0.4) is 0 Å². The lowest BCUT2D eigenvalue weighted by atomic mass is 10.2. The van der Waals surface area contributed by atoms with Gasteiger partial charge in [-0.2, -0.15) is 0 Å². The number of aryl methyl sites for hydroxylation is 3. The number of ether oxygens (including phenoxy) is 1. The highest BCUT2D eigenvalue weighted by Gasteiger charge is 2.13. The minimum absolute atomic E-state index is 0.635. The van der Waals surface area contributed by atoms with Crippen LogP contribution in [0.2, 0.25) is 0 Å². The number of benzene rings is 1. The lowest BCUT2D eigenvalue weighted by molar-refractivity contribution is 0.468. The molecular formula is C15H14N2OS. The highest BCUT2D eigenvalue weighted by Crippen LogP contribution is 2.35. The molecule has 0 spiro atoms. The monoisotopic (exact) mass is 270 g/mol. The van der Waals surface area contributed by atoms with E-state index in [9.17, 15) is 0 Å². The summed E-state index contributed by atoms with van der Waals surface area (Å²) in [7, 11) is 0. The molecule has 0 fully saturated rings. The first-order valence-electron chi connectivity index (χ1n) is 6.10. The Morgan fingerprint density at radius 2 is 1.74 bits per heavy atom. The van der Waals surface area contributed by atoms with Crippen LogP contribution < -0.4 is 4.74 Å². The Hall–Kier alpha value is -1.94. The third-order valence-corrected chi connectivity index (χ3v) is 4.28. The lowest BCUT2D eigenvalue weighted by Gasteiger charge is -2.06. The van der Waals surface area contributed by atoms with Crippen LogP contribution in [0.15, 0.2) is 30.6 Å². The number of nitrogens with zero attached hydrogens (tertiary/aromatic N) is 2. The van der Waals surface area contributed by atoms with Crippen LogP contribution in [0.4, 0.5) is 0 Å². The van der Waals surface area contributed by atoms with Gasteiger partial charge in [0.25, 0.3) is 0 Å². The summed E-state index contributed by atoms with van der Waals surface area (Å²) in [6.07, 6.45) is 1.56. The van der Waals surface area contributed by atoms with Crippen LogP contribution in [-0.4, -0.2) is 9.97 Å². The van der Waals surface area contributed by atoms with Crippen molar-refractivity contribution in [2.24, 2.45) is 0 Å². The molecule has 0 amide bonds. The fraction of sp³-hybridized carbons (Fsp3) is 0.200. The molecule has 0 bridgehead atoms. The highest BCUT2D eigenvalue weighted by molar-refractivity contribution is 7.18. The maximum Gasteiger partial charge on any atom is 0.231 e. The fourth-order valence-corrected chi connectivity index (χ4v) is 2.93. The van der Waals surface area contributed by atoms with Crippen molar-refractivity contribution in [3.05, 3.63) is 46.6 Å². The maximum absolute atomic E-state index is 5.90. The number of thiophene rings is 1. The molecule has 0 atom stereocenters. The maximum atomic E-state index is 5.90. The van der Waals surface area contributed by atoms with Gasteiger partial charge in [-0.3, -0.25) is 0 Å². The van der Waals surface area contributed by atoms with Gasteiger partial charge in [0.2, 0.25) is 5.88 Å². The minimum Gasteiger partial charge on any atom is -0.438 e. The highest BCUT2D eigenvalue weighted by atomic mass is 32.1. The summed E-state index contributed by atoms with van der Waals surface area (Å²) in [5.74, 6) is 1.43. The van der Waals surface area contributed by atoms with E-state index in [1.165, 1.54) is 16.0 Å². The van der Waals surface area contributed by atoms with E-state index in [0.29, 0.717) is 5.88 Å². The van der Waals surface area contributed by atoms with Crippen LogP contribution >= 0.6 is 11.3 Å². The van der Waals surface area contributed by atoms with E-state index in [1.807, 2.05) is 24.3 Å². The van der Waals surface area contributed by atoms with Gasteiger partial charge in [0.15, 0.2) is 0 Å². The summed E-state index contributed by atoms with van der Waals surface area (Å²) < 4.78 is 5.90. The molecule has 96 valence electrons. The summed E-state index contributed by atoms with van der Waals surface area (Å²) in [6.45, 7) is 6.23. The Morgan fingerprint density at radius 1 is 1.00 bits per heavy atom. The van der Waals surface area contributed by atoms with Gasteiger partial charge in [-0.05, 0) is 38.5 Å². The van der Waals surface area contributed by atoms with Crippen LogP contribution in [0.25, 0.3) is 10.2 Å². The molecule has 4 heteroatoms. The second-order valence-electron chi connectivity index (χ2n) is 4.56. The van der Waals surface area contributed by atoms with Crippen LogP contribution in [-0.2, 0) is 0 Å². The molecule has 0 radical (unpaired) electrons. The molecule has 2 heterocycles. The Balaban J connectivity index is 2.07. The predicted molar refractivity (Wildman–Crippen MR) is 78.1 cm³/mol. The van der Waals surface area contributed by atoms with Gasteiger partial charge >= 0.3 is 0 Å². The second kappa shape index (κ2) is 4.63. The van der Waals surface area contributed by atoms with Crippen molar-refractivity contribution in [3.8, 4) is 11.6 Å². The summed E-state index contributed by atoms with van der Waals surface area (Å²) in [6, 6.07) is 7.97. The van der Waals surface area contributed by atoms with Gasteiger partial charge < -0.3 is 4.74 Å². The molecule has 0 saturated carbocycles. The average molecular weight is 270 g/mol. The molecule has 3 aromatic rings. The molecular weight excluding hydrogens is 256 g/mol. The van der Waals surface area contributed by atoms with E-state index in [2.05, 4.69) is 30.7 Å². The SMILES string of the molecule is Cc1ccc(Oc2ncnc3sc(C)c(C)c23)cc1. The first-order valence-corrected chi connectivity index (χ1v) is 6.92. The van der Waals surface area contributed by atoms with Crippen molar-refractivity contribution in [2.75, 3.05) is 0 Å². The Labute approximate surface area is 115 Å². The molecule has 0 N–H and O–H groups in total. The van der Waals surface area contributed by atoms with E-state index in [1.54, 1.807) is 17.7 Å². The smallest absolute Gasteiger partial charge is 0.231 e. The number of fused-ring (bicyclic) bond motifs is 1. The third kappa shape index (κ3) is 2.19.